The van der Waals surface area contributed by atoms with Crippen LogP contribution in [0.1, 0.15) is 25.9 Å². The molecular weight excluding hydrogens is 434 g/mol. The monoisotopic (exact) mass is 453 g/mol. The second kappa shape index (κ2) is 8.67. The number of carbonyl (C=O) groups is 1. The molecule has 0 aliphatic rings. The minimum Gasteiger partial charge on any atom is -0.349 e. The number of aryl methyl sites for hydroxylation is 2. The minimum absolute atomic E-state index is 0.0105. The predicted octanol–water partition coefficient (Wildman–Crippen LogP) is 2.05. The van der Waals surface area contributed by atoms with Crippen LogP contribution in [0.25, 0.3) is 11.0 Å². The lowest BCUT2D eigenvalue weighted by Crippen LogP contribution is -2.27. The molecule has 0 aliphatic heterocycles. The molecule has 32 heavy (non-hydrogen) atoms. The van der Waals surface area contributed by atoms with E-state index in [9.17, 15) is 19.7 Å². The molecule has 4 rings (SSSR count). The Morgan fingerprint density at radius 3 is 2.66 bits per heavy atom. The molecule has 164 valence electrons. The van der Waals surface area contributed by atoms with Crippen molar-refractivity contribution < 1.29 is 9.72 Å². The van der Waals surface area contributed by atoms with Crippen molar-refractivity contribution in [1.29, 1.82) is 0 Å². The van der Waals surface area contributed by atoms with Gasteiger partial charge in [0.05, 0.1) is 34.9 Å². The highest BCUT2D eigenvalue weighted by Crippen LogP contribution is 2.17. The van der Waals surface area contributed by atoms with E-state index in [1.807, 2.05) is 6.92 Å². The number of hydrogen-bond donors (Lipinski definition) is 1. The maximum Gasteiger partial charge on any atom is 0.269 e. The van der Waals surface area contributed by atoms with Crippen molar-refractivity contribution in [1.82, 2.24) is 29.6 Å². The first kappa shape index (κ1) is 21.3. The average molecular weight is 453 g/mol. The number of hydrogen-bond acceptors (Lipinski definition) is 8. The molecule has 1 N–H and O–H groups in total. The average Bonchev–Trinajstić information content (AvgIpc) is 3.33. The van der Waals surface area contributed by atoms with E-state index in [0.29, 0.717) is 34.7 Å². The minimum atomic E-state index is -0.472. The summed E-state index contributed by atoms with van der Waals surface area (Å²) in [6.45, 7) is 4.55. The van der Waals surface area contributed by atoms with Gasteiger partial charge < -0.3 is 5.32 Å². The Bertz CT molecular complexity index is 1370. The van der Waals surface area contributed by atoms with Gasteiger partial charge in [0.2, 0.25) is 0 Å². The fourth-order valence-electron chi connectivity index (χ4n) is 3.29. The Morgan fingerprint density at radius 1 is 1.25 bits per heavy atom. The van der Waals surface area contributed by atoms with Crippen LogP contribution in [0.4, 0.5) is 5.69 Å². The third-order valence-electron chi connectivity index (χ3n) is 4.84. The number of nitrogens with one attached hydrogen (secondary N) is 1. The lowest BCUT2D eigenvalue weighted by molar-refractivity contribution is -0.384. The molecule has 4 aromatic rings. The molecule has 0 spiro atoms. The van der Waals surface area contributed by atoms with E-state index in [0.717, 1.165) is 10.6 Å². The summed E-state index contributed by atoms with van der Waals surface area (Å²) in [5, 5.41) is 19.0. The first-order chi connectivity index (χ1) is 15.3. The van der Waals surface area contributed by atoms with Crippen LogP contribution < -0.4 is 10.9 Å². The summed E-state index contributed by atoms with van der Waals surface area (Å²) in [4.78, 5) is 44.6. The van der Waals surface area contributed by atoms with E-state index in [2.05, 4.69) is 20.4 Å². The van der Waals surface area contributed by atoms with E-state index in [1.54, 1.807) is 23.7 Å². The van der Waals surface area contributed by atoms with Crippen LogP contribution in [-0.2, 0) is 13.1 Å². The molecule has 0 fully saturated rings. The molecule has 3 heterocycles. The zero-order chi connectivity index (χ0) is 22.8. The van der Waals surface area contributed by atoms with Crippen molar-refractivity contribution in [3.63, 3.8) is 0 Å². The maximum atomic E-state index is 12.8. The molecule has 11 nitrogen and oxygen atoms in total. The summed E-state index contributed by atoms with van der Waals surface area (Å²) in [5.74, 6) is -0.192. The van der Waals surface area contributed by atoms with Crippen molar-refractivity contribution in [3.8, 4) is 0 Å². The quantitative estimate of drug-likeness (QED) is 0.334. The van der Waals surface area contributed by atoms with E-state index in [-0.39, 0.29) is 23.7 Å². The zero-order valence-corrected chi connectivity index (χ0v) is 18.1. The molecule has 0 saturated heterocycles. The second-order valence-corrected chi connectivity index (χ2v) is 8.31. The molecule has 0 bridgehead atoms. The van der Waals surface area contributed by atoms with Crippen LogP contribution in [-0.4, -0.2) is 41.7 Å². The number of nitrogens with zero attached hydrogens (tertiary/aromatic N) is 6. The van der Waals surface area contributed by atoms with Gasteiger partial charge in [0.25, 0.3) is 17.2 Å². The molecule has 1 amide bonds. The largest absolute Gasteiger partial charge is 0.349 e. The summed E-state index contributed by atoms with van der Waals surface area (Å²) in [7, 11) is 0. The number of nitro benzene ring substituents is 1. The number of amides is 1. The van der Waals surface area contributed by atoms with Gasteiger partial charge >= 0.3 is 0 Å². The standard InChI is InChI=1S/C20H19N7O4S/c1-12-17(32-13(2)24-12)19(28)21-7-8-26-18-16(9-23-26)20(29)25(11-22-18)10-14-3-5-15(6-4-14)27(30)31/h3-6,9,11H,7-8,10H2,1-2H3,(H,21,28). The van der Waals surface area contributed by atoms with Crippen LogP contribution in [0.3, 0.4) is 0 Å². The number of nitro groups is 1. The van der Waals surface area contributed by atoms with Gasteiger partial charge in [-0.15, -0.1) is 11.3 Å². The van der Waals surface area contributed by atoms with Crippen LogP contribution >= 0.6 is 11.3 Å². The molecule has 0 radical (unpaired) electrons. The number of thiazole rings is 1. The lowest BCUT2D eigenvalue weighted by atomic mass is 10.2. The van der Waals surface area contributed by atoms with E-state index >= 15 is 0 Å². The fourth-order valence-corrected chi connectivity index (χ4v) is 4.13. The van der Waals surface area contributed by atoms with Gasteiger partial charge in [0.1, 0.15) is 16.6 Å². The van der Waals surface area contributed by atoms with Gasteiger partial charge in [-0.05, 0) is 19.4 Å². The first-order valence-corrected chi connectivity index (χ1v) is 10.5. The highest BCUT2D eigenvalue weighted by Gasteiger charge is 2.14. The van der Waals surface area contributed by atoms with E-state index in [4.69, 9.17) is 0 Å². The van der Waals surface area contributed by atoms with Gasteiger partial charge in [-0.25, -0.2) is 14.6 Å². The number of carbonyl (C=O) groups excluding carboxylic acids is 1. The molecule has 12 heteroatoms. The van der Waals surface area contributed by atoms with E-state index in [1.165, 1.54) is 40.6 Å². The molecule has 0 saturated carbocycles. The number of rotatable bonds is 7. The number of fused-ring (bicyclic) bond motifs is 1. The van der Waals surface area contributed by atoms with Gasteiger partial charge in [-0.1, -0.05) is 12.1 Å². The number of aromatic nitrogens is 5. The topological polar surface area (TPSA) is 138 Å². The van der Waals surface area contributed by atoms with Crippen molar-refractivity contribution in [3.05, 3.63) is 78.4 Å². The number of benzene rings is 1. The molecule has 1 aromatic carbocycles. The molecular formula is C20H19N7O4S. The van der Waals surface area contributed by atoms with E-state index < -0.39 is 4.92 Å². The SMILES string of the molecule is Cc1nc(C)c(C(=O)NCCn2ncc3c(=O)n(Cc4ccc([N+](=O)[O-])cc4)cnc32)s1. The van der Waals surface area contributed by atoms with Crippen molar-refractivity contribution in [2.45, 2.75) is 26.9 Å². The Hall–Kier alpha value is -3.93. The van der Waals surface area contributed by atoms with Crippen molar-refractivity contribution >= 4 is 34.0 Å². The number of non-ortho nitro benzene ring substituents is 1. The maximum absolute atomic E-state index is 12.8. The summed E-state index contributed by atoms with van der Waals surface area (Å²) in [5.41, 5.74) is 1.59. The summed E-state index contributed by atoms with van der Waals surface area (Å²) in [6.07, 6.45) is 2.88. The van der Waals surface area contributed by atoms with Gasteiger partial charge in [-0.3, -0.25) is 24.3 Å². The highest BCUT2D eigenvalue weighted by molar-refractivity contribution is 7.13. The Balaban J connectivity index is 1.45. The third-order valence-corrected chi connectivity index (χ3v) is 5.91. The first-order valence-electron chi connectivity index (χ1n) is 9.70. The molecule has 0 aliphatic carbocycles. The zero-order valence-electron chi connectivity index (χ0n) is 17.3. The van der Waals surface area contributed by atoms with Crippen molar-refractivity contribution in [2.75, 3.05) is 6.54 Å². The van der Waals surface area contributed by atoms with Crippen molar-refractivity contribution in [2.24, 2.45) is 0 Å². The molecule has 0 unspecified atom stereocenters. The van der Waals surface area contributed by atoms with Crippen LogP contribution in [0.5, 0.6) is 0 Å². The Labute approximate surface area is 185 Å². The highest BCUT2D eigenvalue weighted by atomic mass is 32.1. The van der Waals surface area contributed by atoms with Gasteiger partial charge in [0, 0.05) is 18.7 Å². The Morgan fingerprint density at radius 2 is 2.00 bits per heavy atom. The third kappa shape index (κ3) is 4.25. The fraction of sp³-hybridized carbons (Fsp3) is 0.250. The van der Waals surface area contributed by atoms with Gasteiger partial charge in [-0.2, -0.15) is 5.10 Å². The Kier molecular flexibility index (Phi) is 5.77. The van der Waals surface area contributed by atoms with Crippen LogP contribution in [0.2, 0.25) is 0 Å². The van der Waals surface area contributed by atoms with Crippen LogP contribution in [0.15, 0.2) is 41.6 Å². The van der Waals surface area contributed by atoms with Gasteiger partial charge in [0.15, 0.2) is 5.65 Å². The molecule has 0 atom stereocenters. The normalized spacial score (nSPS) is 11.1. The molecule has 3 aromatic heterocycles. The van der Waals surface area contributed by atoms with Crippen LogP contribution in [0, 0.1) is 24.0 Å². The summed E-state index contributed by atoms with van der Waals surface area (Å²) < 4.78 is 2.99. The predicted molar refractivity (Wildman–Crippen MR) is 118 cm³/mol. The summed E-state index contributed by atoms with van der Waals surface area (Å²) >= 11 is 1.34. The second-order valence-electron chi connectivity index (χ2n) is 7.11. The summed E-state index contributed by atoms with van der Waals surface area (Å²) in [6, 6.07) is 6.00. The smallest absolute Gasteiger partial charge is 0.269 e. The lowest BCUT2D eigenvalue weighted by Gasteiger charge is -2.07.